The Labute approximate surface area is 170 Å². The molecule has 2 N–H and O–H groups in total. The molecule has 29 heavy (non-hydrogen) atoms. The second kappa shape index (κ2) is 8.75. The van der Waals surface area contributed by atoms with Gasteiger partial charge in [0.1, 0.15) is 0 Å². The molecule has 7 nitrogen and oxygen atoms in total. The van der Waals surface area contributed by atoms with Crippen LogP contribution in [0.3, 0.4) is 0 Å². The monoisotopic (exact) mass is 416 g/mol. The van der Waals surface area contributed by atoms with Gasteiger partial charge in [-0.15, -0.1) is 0 Å². The highest BCUT2D eigenvalue weighted by Gasteiger charge is 2.22. The van der Waals surface area contributed by atoms with Crippen LogP contribution < -0.4 is 10.2 Å². The van der Waals surface area contributed by atoms with E-state index in [2.05, 4.69) is 5.32 Å². The van der Waals surface area contributed by atoms with E-state index in [0.29, 0.717) is 24.1 Å². The molecule has 2 amide bonds. The molecule has 1 fully saturated rings. The van der Waals surface area contributed by atoms with Crippen LogP contribution in [0.25, 0.3) is 0 Å². The molecule has 2 aromatic rings. The maximum absolute atomic E-state index is 12.6. The molecule has 8 heteroatoms. The summed E-state index contributed by atoms with van der Waals surface area (Å²) in [6.07, 6.45) is 1.37. The van der Waals surface area contributed by atoms with Crippen LogP contribution >= 0.6 is 0 Å². The van der Waals surface area contributed by atoms with Crippen LogP contribution in [0, 0.1) is 0 Å². The predicted molar refractivity (Wildman–Crippen MR) is 109 cm³/mol. The average molecular weight is 416 g/mol. The van der Waals surface area contributed by atoms with E-state index >= 15 is 0 Å². The third-order valence-electron chi connectivity index (χ3n) is 5.02. The second-order valence-electron chi connectivity index (χ2n) is 6.88. The fourth-order valence-corrected chi connectivity index (χ4v) is 4.15. The van der Waals surface area contributed by atoms with Gasteiger partial charge in [0.25, 0.3) is 5.91 Å². The van der Waals surface area contributed by atoms with Gasteiger partial charge in [0.05, 0.1) is 23.3 Å². The molecule has 1 atom stereocenters. The minimum absolute atomic E-state index is 0.00549. The number of benzene rings is 2. The third kappa shape index (κ3) is 4.65. The highest BCUT2D eigenvalue weighted by atomic mass is 32.2. The normalized spacial score (nSPS) is 15.4. The van der Waals surface area contributed by atoms with Crippen molar-refractivity contribution in [2.24, 2.45) is 0 Å². The summed E-state index contributed by atoms with van der Waals surface area (Å²) >= 11 is 0. The summed E-state index contributed by atoms with van der Waals surface area (Å²) in [5.74, 6) is -0.282. The zero-order valence-corrected chi connectivity index (χ0v) is 17.0. The van der Waals surface area contributed by atoms with Gasteiger partial charge in [0.15, 0.2) is 9.84 Å². The van der Waals surface area contributed by atoms with Crippen molar-refractivity contribution >= 4 is 27.3 Å². The van der Waals surface area contributed by atoms with E-state index in [0.717, 1.165) is 12.1 Å². The van der Waals surface area contributed by atoms with Crippen molar-refractivity contribution in [2.75, 3.05) is 23.8 Å². The van der Waals surface area contributed by atoms with Gasteiger partial charge in [0.2, 0.25) is 5.91 Å². The number of aliphatic hydroxyl groups excluding tert-OH is 1. The Morgan fingerprint density at radius 1 is 1.14 bits per heavy atom. The zero-order chi connectivity index (χ0) is 21.0. The molecule has 1 saturated heterocycles. The van der Waals surface area contributed by atoms with Crippen molar-refractivity contribution in [1.82, 2.24) is 5.32 Å². The lowest BCUT2D eigenvalue weighted by Gasteiger charge is -2.18. The maximum Gasteiger partial charge on any atom is 0.251 e. The molecular formula is C21H24N2O5S. The van der Waals surface area contributed by atoms with Crippen molar-refractivity contribution in [1.29, 1.82) is 0 Å². The van der Waals surface area contributed by atoms with Crippen LogP contribution in [0.1, 0.15) is 41.7 Å². The lowest BCUT2D eigenvalue weighted by atomic mass is 10.1. The van der Waals surface area contributed by atoms with E-state index in [-0.39, 0.29) is 29.1 Å². The molecule has 0 radical (unpaired) electrons. The summed E-state index contributed by atoms with van der Waals surface area (Å²) in [4.78, 5) is 26.3. The second-order valence-corrected chi connectivity index (χ2v) is 9.16. The van der Waals surface area contributed by atoms with Crippen LogP contribution in [0.5, 0.6) is 0 Å². The maximum atomic E-state index is 12.6. The number of carbonyl (C=O) groups is 2. The Kier molecular flexibility index (Phi) is 6.34. The number of aliphatic hydroxyl groups is 1. The fourth-order valence-electron chi connectivity index (χ4n) is 3.26. The SMILES string of the molecule is CCS(=O)(=O)c1ccc([C@H](CO)NC(=O)c2ccc(N3CCCC3=O)cc2)cc1. The highest BCUT2D eigenvalue weighted by Crippen LogP contribution is 2.22. The molecule has 0 spiro atoms. The summed E-state index contributed by atoms with van der Waals surface area (Å²) in [6.45, 7) is 1.93. The van der Waals surface area contributed by atoms with Gasteiger partial charge >= 0.3 is 0 Å². The molecule has 0 aliphatic carbocycles. The number of hydrogen-bond donors (Lipinski definition) is 2. The molecule has 1 aliphatic heterocycles. The van der Waals surface area contributed by atoms with E-state index in [9.17, 15) is 23.1 Å². The van der Waals surface area contributed by atoms with Gasteiger partial charge in [0, 0.05) is 24.2 Å². The molecule has 0 unspecified atom stereocenters. The molecule has 0 aromatic heterocycles. The topological polar surface area (TPSA) is 104 Å². The number of anilines is 1. The van der Waals surface area contributed by atoms with Crippen LogP contribution in [0.2, 0.25) is 0 Å². The van der Waals surface area contributed by atoms with Gasteiger partial charge in [-0.05, 0) is 48.4 Å². The largest absolute Gasteiger partial charge is 0.394 e. The Morgan fingerprint density at radius 2 is 1.79 bits per heavy atom. The van der Waals surface area contributed by atoms with Gasteiger partial charge in [-0.2, -0.15) is 0 Å². The third-order valence-corrected chi connectivity index (χ3v) is 6.77. The van der Waals surface area contributed by atoms with Crippen molar-refractivity contribution in [3.63, 3.8) is 0 Å². The first kappa shape index (κ1) is 21.0. The van der Waals surface area contributed by atoms with E-state index in [1.165, 1.54) is 12.1 Å². The summed E-state index contributed by atoms with van der Waals surface area (Å²) in [5, 5.41) is 12.4. The van der Waals surface area contributed by atoms with Crippen LogP contribution in [0.4, 0.5) is 5.69 Å². The smallest absolute Gasteiger partial charge is 0.251 e. The lowest BCUT2D eigenvalue weighted by molar-refractivity contribution is -0.117. The molecule has 1 heterocycles. The van der Waals surface area contributed by atoms with Gasteiger partial charge in [-0.1, -0.05) is 19.1 Å². The van der Waals surface area contributed by atoms with Gasteiger partial charge in [-0.25, -0.2) is 8.42 Å². The minimum Gasteiger partial charge on any atom is -0.394 e. The zero-order valence-electron chi connectivity index (χ0n) is 16.2. The number of nitrogens with zero attached hydrogens (tertiary/aromatic N) is 1. The fraction of sp³-hybridized carbons (Fsp3) is 0.333. The summed E-state index contributed by atoms with van der Waals surface area (Å²) in [7, 11) is -3.31. The van der Waals surface area contributed by atoms with Crippen LogP contribution in [0.15, 0.2) is 53.4 Å². The molecule has 3 rings (SSSR count). The van der Waals surface area contributed by atoms with Crippen LogP contribution in [-0.2, 0) is 14.6 Å². The van der Waals surface area contributed by atoms with Crippen molar-refractivity contribution in [3.05, 3.63) is 59.7 Å². The predicted octanol–water partition coefficient (Wildman–Crippen LogP) is 2.07. The number of nitrogens with one attached hydrogen (secondary N) is 1. The van der Waals surface area contributed by atoms with E-state index in [4.69, 9.17) is 0 Å². The molecule has 0 saturated carbocycles. The van der Waals surface area contributed by atoms with Gasteiger partial charge < -0.3 is 15.3 Å². The Balaban J connectivity index is 1.70. The number of hydrogen-bond acceptors (Lipinski definition) is 5. The number of sulfone groups is 1. The minimum atomic E-state index is -3.31. The standard InChI is InChI=1S/C21H24N2O5S/c1-2-29(27,28)18-11-7-15(8-12-18)19(14-24)22-21(26)16-5-9-17(10-6-16)23-13-3-4-20(23)25/h5-12,19,24H,2-4,13-14H2,1H3,(H,22,26)/t19-/m0/s1. The number of amides is 2. The molecule has 1 aliphatic rings. The average Bonchev–Trinajstić information content (AvgIpc) is 3.18. The first-order chi connectivity index (χ1) is 13.9. The first-order valence-corrected chi connectivity index (χ1v) is 11.2. The summed E-state index contributed by atoms with van der Waals surface area (Å²) < 4.78 is 23.8. The molecule has 2 aromatic carbocycles. The summed E-state index contributed by atoms with van der Waals surface area (Å²) in [5.41, 5.74) is 1.77. The lowest BCUT2D eigenvalue weighted by Crippen LogP contribution is -2.31. The molecule has 0 bridgehead atoms. The van der Waals surface area contributed by atoms with E-state index in [1.54, 1.807) is 48.2 Å². The molecular weight excluding hydrogens is 392 g/mol. The summed E-state index contributed by atoms with van der Waals surface area (Å²) in [6, 6.07) is 12.2. The van der Waals surface area contributed by atoms with Crippen LogP contribution in [-0.4, -0.2) is 44.2 Å². The number of carbonyl (C=O) groups excluding carboxylic acids is 2. The molecule has 154 valence electrons. The highest BCUT2D eigenvalue weighted by molar-refractivity contribution is 7.91. The first-order valence-electron chi connectivity index (χ1n) is 9.50. The Hall–Kier alpha value is -2.71. The quantitative estimate of drug-likeness (QED) is 0.719. The van der Waals surface area contributed by atoms with E-state index < -0.39 is 15.9 Å². The van der Waals surface area contributed by atoms with E-state index in [1.807, 2.05) is 0 Å². The van der Waals surface area contributed by atoms with Crippen molar-refractivity contribution in [3.8, 4) is 0 Å². The Bertz CT molecular complexity index is 985. The van der Waals surface area contributed by atoms with Crippen molar-refractivity contribution < 1.29 is 23.1 Å². The van der Waals surface area contributed by atoms with Crippen molar-refractivity contribution in [2.45, 2.75) is 30.7 Å². The number of rotatable bonds is 7. The Morgan fingerprint density at radius 3 is 2.31 bits per heavy atom. The van der Waals surface area contributed by atoms with Gasteiger partial charge in [-0.3, -0.25) is 9.59 Å².